The summed E-state index contributed by atoms with van der Waals surface area (Å²) in [6.45, 7) is 8.63. The third-order valence-corrected chi connectivity index (χ3v) is 4.58. The summed E-state index contributed by atoms with van der Waals surface area (Å²) in [6, 6.07) is 0. The number of hydrogen-bond acceptors (Lipinski definition) is 2. The molecule has 0 aliphatic heterocycles. The monoisotopic (exact) mass is 257 g/mol. The summed E-state index contributed by atoms with van der Waals surface area (Å²) in [4.78, 5) is 17.7. The molecule has 0 aromatic rings. The van der Waals surface area contributed by atoms with Crippen LogP contribution in [0.4, 0.5) is 0 Å². The van der Waals surface area contributed by atoms with Gasteiger partial charge >= 0.3 is 7.60 Å². The summed E-state index contributed by atoms with van der Waals surface area (Å²) in [5.74, 6) is 0. The molecule has 0 fully saturated rings. The van der Waals surface area contributed by atoms with Crippen molar-refractivity contribution in [2.45, 2.75) is 44.9 Å². The van der Waals surface area contributed by atoms with Gasteiger partial charge in [0.25, 0.3) is 0 Å². The maximum absolute atomic E-state index is 11.7. The average Bonchev–Trinajstić information content (AvgIpc) is 1.76. The van der Waals surface area contributed by atoms with E-state index in [9.17, 15) is 8.77 Å². The molecule has 5 nitrogen and oxygen atoms in total. The van der Waals surface area contributed by atoms with Gasteiger partial charge in [0.2, 0.25) is 0 Å². The minimum Gasteiger partial charge on any atom is -0.324 e. The second kappa shape index (κ2) is 4.63. The van der Waals surface area contributed by atoms with Crippen LogP contribution in [0, 0.1) is 0 Å². The van der Waals surface area contributed by atoms with Gasteiger partial charge in [0, 0.05) is 5.54 Å². The normalized spacial score (nSPS) is 16.5. The maximum Gasteiger partial charge on any atom is 0.327 e. The van der Waals surface area contributed by atoms with E-state index in [0.29, 0.717) is 0 Å². The zero-order chi connectivity index (χ0) is 12.5. The molecular weight excluding hydrogens is 237 g/mol. The lowest BCUT2D eigenvalue weighted by atomic mass is 10.1. The standard InChI is InChI=1S/C8H20NO4PS/c1-7(2,3)15(13)9-8(4,5)6-14(10,11)12/h9H,6H2,1-5H3,(H2,10,11,12). The molecular formula is C8H20NO4PS. The highest BCUT2D eigenvalue weighted by molar-refractivity contribution is 7.84. The van der Waals surface area contributed by atoms with E-state index >= 15 is 0 Å². The van der Waals surface area contributed by atoms with Gasteiger partial charge in [0.15, 0.2) is 0 Å². The van der Waals surface area contributed by atoms with Gasteiger partial charge in [0.1, 0.15) is 0 Å². The van der Waals surface area contributed by atoms with Crippen LogP contribution in [-0.4, -0.2) is 30.4 Å². The Morgan fingerprint density at radius 3 is 1.87 bits per heavy atom. The van der Waals surface area contributed by atoms with Crippen LogP contribution in [0.1, 0.15) is 34.6 Å². The molecule has 0 saturated heterocycles. The summed E-state index contributed by atoms with van der Waals surface area (Å²) in [5.41, 5.74) is -0.850. The third kappa shape index (κ3) is 7.19. The Hall–Kier alpha value is 0.260. The predicted molar refractivity (Wildman–Crippen MR) is 62.0 cm³/mol. The van der Waals surface area contributed by atoms with Gasteiger partial charge in [-0.15, -0.1) is 0 Å². The second-order valence-electron chi connectivity index (χ2n) is 5.19. The Morgan fingerprint density at radius 1 is 1.20 bits per heavy atom. The van der Waals surface area contributed by atoms with Crippen LogP contribution in [0.15, 0.2) is 0 Å². The Labute approximate surface area is 93.4 Å². The first-order valence-corrected chi connectivity index (χ1v) is 7.52. The largest absolute Gasteiger partial charge is 0.327 e. The molecule has 0 saturated carbocycles. The minimum atomic E-state index is -4.09. The van der Waals surface area contributed by atoms with Crippen LogP contribution in [0.25, 0.3) is 0 Å². The Kier molecular flexibility index (Phi) is 4.71. The van der Waals surface area contributed by atoms with Crippen molar-refractivity contribution in [1.82, 2.24) is 4.72 Å². The van der Waals surface area contributed by atoms with Crippen LogP contribution in [0.3, 0.4) is 0 Å². The third-order valence-electron chi connectivity index (χ3n) is 1.53. The predicted octanol–water partition coefficient (Wildman–Crippen LogP) is 0.995. The van der Waals surface area contributed by atoms with Crippen LogP contribution >= 0.6 is 7.60 Å². The summed E-state index contributed by atoms with van der Waals surface area (Å²) in [7, 11) is -5.43. The topological polar surface area (TPSA) is 86.6 Å². The Bertz CT molecular complexity index is 292. The van der Waals surface area contributed by atoms with E-state index in [1.165, 1.54) is 0 Å². The first kappa shape index (κ1) is 15.3. The number of rotatable bonds is 4. The highest BCUT2D eigenvalue weighted by Crippen LogP contribution is 2.38. The van der Waals surface area contributed by atoms with Crippen molar-refractivity contribution in [3.63, 3.8) is 0 Å². The van der Waals surface area contributed by atoms with Gasteiger partial charge in [-0.3, -0.25) is 4.57 Å². The molecule has 0 aromatic carbocycles. The Balaban J connectivity index is 4.53. The molecule has 0 aliphatic carbocycles. The van der Waals surface area contributed by atoms with E-state index in [2.05, 4.69) is 4.72 Å². The van der Waals surface area contributed by atoms with Crippen molar-refractivity contribution in [3.8, 4) is 0 Å². The van der Waals surface area contributed by atoms with Gasteiger partial charge in [-0.2, -0.15) is 0 Å². The van der Waals surface area contributed by atoms with Crippen LogP contribution in [0.2, 0.25) is 0 Å². The molecule has 7 heteroatoms. The summed E-state index contributed by atoms with van der Waals surface area (Å²) >= 11 is 0. The van der Waals surface area contributed by atoms with E-state index in [1.54, 1.807) is 34.6 Å². The van der Waals surface area contributed by atoms with E-state index in [4.69, 9.17) is 9.79 Å². The molecule has 0 heterocycles. The van der Waals surface area contributed by atoms with Crippen molar-refractivity contribution in [3.05, 3.63) is 0 Å². The number of hydrogen-bond donors (Lipinski definition) is 3. The first-order valence-electron chi connectivity index (χ1n) is 4.58. The fourth-order valence-corrected chi connectivity index (χ4v) is 3.05. The van der Waals surface area contributed by atoms with Gasteiger partial charge in [0.05, 0.1) is 21.9 Å². The molecule has 92 valence electrons. The fourth-order valence-electron chi connectivity index (χ4n) is 0.951. The highest BCUT2D eigenvalue weighted by atomic mass is 32.2. The van der Waals surface area contributed by atoms with Gasteiger partial charge in [-0.1, -0.05) is 0 Å². The SMILES string of the molecule is CC(C)(CP(=O)(O)O)NS(=O)C(C)(C)C. The molecule has 0 bridgehead atoms. The van der Waals surface area contributed by atoms with Crippen molar-refractivity contribution in [1.29, 1.82) is 0 Å². The van der Waals surface area contributed by atoms with Gasteiger partial charge in [-0.05, 0) is 34.6 Å². The maximum atomic E-state index is 11.7. The molecule has 1 atom stereocenters. The first-order chi connectivity index (χ1) is 6.33. The molecule has 1 unspecified atom stereocenters. The van der Waals surface area contributed by atoms with Gasteiger partial charge in [-0.25, -0.2) is 8.93 Å². The summed E-state index contributed by atoms with van der Waals surface area (Å²) in [5, 5.41) is 0. The van der Waals surface area contributed by atoms with E-state index < -0.39 is 28.9 Å². The Morgan fingerprint density at radius 2 is 1.60 bits per heavy atom. The summed E-state index contributed by atoms with van der Waals surface area (Å²) < 4.78 is 24.8. The fraction of sp³-hybridized carbons (Fsp3) is 1.00. The molecule has 3 N–H and O–H groups in total. The molecule has 0 aliphatic rings. The number of nitrogens with one attached hydrogen (secondary N) is 1. The van der Waals surface area contributed by atoms with Gasteiger partial charge < -0.3 is 9.79 Å². The van der Waals surface area contributed by atoms with E-state index in [1.807, 2.05) is 0 Å². The zero-order valence-corrected chi connectivity index (χ0v) is 11.5. The lowest BCUT2D eigenvalue weighted by Crippen LogP contribution is -2.48. The molecule has 0 amide bonds. The van der Waals surface area contributed by atoms with Crippen LogP contribution in [0.5, 0.6) is 0 Å². The zero-order valence-electron chi connectivity index (χ0n) is 9.77. The quantitative estimate of drug-likeness (QED) is 0.656. The average molecular weight is 257 g/mol. The summed E-state index contributed by atoms with van der Waals surface area (Å²) in [6.07, 6.45) is -0.332. The minimum absolute atomic E-state index is 0.332. The van der Waals surface area contributed by atoms with Crippen molar-refractivity contribution < 1.29 is 18.6 Å². The van der Waals surface area contributed by atoms with Crippen LogP contribution in [-0.2, 0) is 15.6 Å². The lowest BCUT2D eigenvalue weighted by Gasteiger charge is -2.29. The van der Waals surface area contributed by atoms with E-state index in [-0.39, 0.29) is 6.16 Å². The molecule has 15 heavy (non-hydrogen) atoms. The molecule has 0 spiro atoms. The molecule has 0 rings (SSSR count). The van der Waals surface area contributed by atoms with Crippen molar-refractivity contribution >= 4 is 18.6 Å². The second-order valence-corrected chi connectivity index (χ2v) is 8.80. The smallest absolute Gasteiger partial charge is 0.324 e. The van der Waals surface area contributed by atoms with Crippen molar-refractivity contribution in [2.75, 3.05) is 6.16 Å². The molecule has 0 radical (unpaired) electrons. The van der Waals surface area contributed by atoms with Crippen LogP contribution < -0.4 is 4.72 Å². The molecule has 0 aromatic heterocycles. The van der Waals surface area contributed by atoms with E-state index in [0.717, 1.165) is 0 Å². The lowest BCUT2D eigenvalue weighted by molar-refractivity contribution is 0.355. The van der Waals surface area contributed by atoms with Crippen molar-refractivity contribution in [2.24, 2.45) is 0 Å². The highest BCUT2D eigenvalue weighted by Gasteiger charge is 2.32.